The standard InChI is InChI=1S/C9H10N2O2S2/c1-3-13-8(12)7(2)15-9(14)11-6-4-5-10-11/h4-6H,2-3H2,1H3. The van der Waals surface area contributed by atoms with Crippen LogP contribution in [0.15, 0.2) is 29.9 Å². The van der Waals surface area contributed by atoms with Crippen molar-refractivity contribution in [3.63, 3.8) is 0 Å². The molecule has 0 amide bonds. The van der Waals surface area contributed by atoms with E-state index >= 15 is 0 Å². The van der Waals surface area contributed by atoms with Crippen LogP contribution in [-0.4, -0.2) is 26.7 Å². The summed E-state index contributed by atoms with van der Waals surface area (Å²) in [5, 5.41) is 3.94. The van der Waals surface area contributed by atoms with Gasteiger partial charge in [0.25, 0.3) is 0 Å². The van der Waals surface area contributed by atoms with Crippen LogP contribution >= 0.6 is 24.0 Å². The lowest BCUT2D eigenvalue weighted by molar-refractivity contribution is -0.137. The Morgan fingerprint density at radius 2 is 2.47 bits per heavy atom. The predicted molar refractivity (Wildman–Crippen MR) is 63.6 cm³/mol. The molecule has 0 spiro atoms. The topological polar surface area (TPSA) is 44.1 Å². The van der Waals surface area contributed by atoms with E-state index in [4.69, 9.17) is 17.0 Å². The fourth-order valence-electron chi connectivity index (χ4n) is 0.782. The lowest BCUT2D eigenvalue weighted by Gasteiger charge is -2.05. The molecule has 1 heterocycles. The van der Waals surface area contributed by atoms with Gasteiger partial charge in [-0.3, -0.25) is 0 Å². The molecule has 0 fully saturated rings. The Labute approximate surface area is 97.3 Å². The minimum absolute atomic E-state index is 0.261. The summed E-state index contributed by atoms with van der Waals surface area (Å²) in [6, 6.07) is 1.75. The number of thiocarbonyl (C=S) groups is 1. The molecule has 0 aromatic carbocycles. The Kier molecular flexibility index (Phi) is 4.51. The first-order chi connectivity index (χ1) is 7.15. The number of hydrogen-bond donors (Lipinski definition) is 0. The van der Waals surface area contributed by atoms with Crippen molar-refractivity contribution in [2.24, 2.45) is 0 Å². The van der Waals surface area contributed by atoms with Gasteiger partial charge in [-0.15, -0.1) is 0 Å². The van der Waals surface area contributed by atoms with Crippen molar-refractivity contribution in [3.05, 3.63) is 29.9 Å². The molecule has 0 aliphatic rings. The summed E-state index contributed by atoms with van der Waals surface area (Å²) in [5.74, 6) is -0.447. The molecule has 0 aliphatic carbocycles. The quantitative estimate of drug-likeness (QED) is 0.459. The minimum atomic E-state index is -0.447. The third-order valence-electron chi connectivity index (χ3n) is 1.41. The van der Waals surface area contributed by atoms with E-state index in [1.54, 1.807) is 25.4 Å². The molecular formula is C9H10N2O2S2. The molecule has 1 aromatic heterocycles. The molecule has 1 rings (SSSR count). The van der Waals surface area contributed by atoms with Crippen LogP contribution < -0.4 is 0 Å². The zero-order valence-electron chi connectivity index (χ0n) is 8.17. The third kappa shape index (κ3) is 3.49. The van der Waals surface area contributed by atoms with Crippen molar-refractivity contribution in [2.75, 3.05) is 6.61 Å². The maximum atomic E-state index is 11.2. The number of hydrogen-bond acceptors (Lipinski definition) is 5. The average Bonchev–Trinajstić information content (AvgIpc) is 2.70. The molecule has 0 saturated heterocycles. The lowest BCUT2D eigenvalue weighted by atomic mass is 10.6. The van der Waals surface area contributed by atoms with E-state index in [0.717, 1.165) is 11.8 Å². The van der Waals surface area contributed by atoms with Crippen molar-refractivity contribution < 1.29 is 9.53 Å². The van der Waals surface area contributed by atoms with Gasteiger partial charge in [0.15, 0.2) is 4.32 Å². The zero-order valence-corrected chi connectivity index (χ0v) is 9.81. The smallest absolute Gasteiger partial charge is 0.344 e. The van der Waals surface area contributed by atoms with Gasteiger partial charge in [-0.25, -0.2) is 9.48 Å². The Bertz CT molecular complexity index is 373. The van der Waals surface area contributed by atoms with Crippen LogP contribution in [0.2, 0.25) is 0 Å². The van der Waals surface area contributed by atoms with E-state index in [0.29, 0.717) is 10.9 Å². The predicted octanol–water partition coefficient (Wildman–Crippen LogP) is 1.83. The van der Waals surface area contributed by atoms with Crippen molar-refractivity contribution in [1.82, 2.24) is 9.78 Å². The highest BCUT2D eigenvalue weighted by Gasteiger charge is 2.12. The highest BCUT2D eigenvalue weighted by Crippen LogP contribution is 2.17. The molecule has 0 atom stereocenters. The lowest BCUT2D eigenvalue weighted by Crippen LogP contribution is -2.10. The molecule has 0 radical (unpaired) electrons. The molecule has 1 aromatic rings. The van der Waals surface area contributed by atoms with E-state index < -0.39 is 5.97 Å². The summed E-state index contributed by atoms with van der Waals surface area (Å²) < 4.78 is 6.71. The Morgan fingerprint density at radius 1 is 1.73 bits per heavy atom. The summed E-state index contributed by atoms with van der Waals surface area (Å²) >= 11 is 6.12. The monoisotopic (exact) mass is 242 g/mol. The Hall–Kier alpha value is -1.14. The number of carbonyl (C=O) groups is 1. The zero-order chi connectivity index (χ0) is 11.3. The van der Waals surface area contributed by atoms with Crippen molar-refractivity contribution in [3.8, 4) is 0 Å². The first-order valence-corrected chi connectivity index (χ1v) is 5.45. The molecule has 80 valence electrons. The second kappa shape index (κ2) is 5.67. The molecule has 0 bridgehead atoms. The van der Waals surface area contributed by atoms with Gasteiger partial charge in [0.2, 0.25) is 0 Å². The second-order valence-corrected chi connectivity index (χ2v) is 4.19. The van der Waals surface area contributed by atoms with Gasteiger partial charge in [0.1, 0.15) is 0 Å². The fourth-order valence-corrected chi connectivity index (χ4v) is 1.75. The number of nitrogens with zero attached hydrogens (tertiary/aromatic N) is 2. The second-order valence-electron chi connectivity index (χ2n) is 2.46. The maximum absolute atomic E-state index is 11.2. The number of esters is 1. The molecule has 15 heavy (non-hydrogen) atoms. The van der Waals surface area contributed by atoms with Gasteiger partial charge >= 0.3 is 5.97 Å². The number of rotatable bonds is 3. The fraction of sp³-hybridized carbons (Fsp3) is 0.222. The van der Waals surface area contributed by atoms with Crippen molar-refractivity contribution >= 4 is 34.3 Å². The first-order valence-electron chi connectivity index (χ1n) is 4.23. The minimum Gasteiger partial charge on any atom is -0.462 e. The van der Waals surface area contributed by atoms with Crippen LogP contribution in [0.25, 0.3) is 0 Å². The van der Waals surface area contributed by atoms with Crippen LogP contribution in [0.3, 0.4) is 0 Å². The number of carbonyl (C=O) groups excluding carboxylic acids is 1. The first kappa shape index (κ1) is 11.9. The molecule has 6 heteroatoms. The van der Waals surface area contributed by atoms with Crippen LogP contribution in [0.1, 0.15) is 6.92 Å². The number of ether oxygens (including phenoxy) is 1. The highest BCUT2D eigenvalue weighted by atomic mass is 32.2. The normalized spacial score (nSPS) is 9.67. The van der Waals surface area contributed by atoms with E-state index in [1.165, 1.54) is 4.68 Å². The van der Waals surface area contributed by atoms with Crippen LogP contribution in [0, 0.1) is 0 Å². The van der Waals surface area contributed by atoms with Gasteiger partial charge in [-0.05, 0) is 13.0 Å². The van der Waals surface area contributed by atoms with E-state index in [-0.39, 0.29) is 4.91 Å². The number of aromatic nitrogens is 2. The number of thioether (sulfide) groups is 1. The summed E-state index contributed by atoms with van der Waals surface area (Å²) in [7, 11) is 0. The summed E-state index contributed by atoms with van der Waals surface area (Å²) in [4.78, 5) is 11.5. The van der Waals surface area contributed by atoms with Gasteiger partial charge in [-0.1, -0.05) is 30.6 Å². The van der Waals surface area contributed by atoms with E-state index in [2.05, 4.69) is 11.7 Å². The van der Waals surface area contributed by atoms with Crippen molar-refractivity contribution in [1.29, 1.82) is 0 Å². The molecule has 0 saturated carbocycles. The largest absolute Gasteiger partial charge is 0.462 e. The third-order valence-corrected chi connectivity index (χ3v) is 2.62. The highest BCUT2D eigenvalue weighted by molar-refractivity contribution is 8.26. The van der Waals surface area contributed by atoms with E-state index in [1.807, 2.05) is 0 Å². The summed E-state index contributed by atoms with van der Waals surface area (Å²) in [6.45, 7) is 5.65. The molecule has 0 aliphatic heterocycles. The van der Waals surface area contributed by atoms with Gasteiger partial charge in [0.05, 0.1) is 11.5 Å². The van der Waals surface area contributed by atoms with Gasteiger partial charge < -0.3 is 4.74 Å². The van der Waals surface area contributed by atoms with Crippen LogP contribution in [0.5, 0.6) is 0 Å². The molecule has 0 N–H and O–H groups in total. The average molecular weight is 242 g/mol. The Balaban J connectivity index is 2.52. The maximum Gasteiger partial charge on any atom is 0.344 e. The summed E-state index contributed by atoms with van der Waals surface area (Å²) in [5.41, 5.74) is 0. The molecule has 4 nitrogen and oxygen atoms in total. The summed E-state index contributed by atoms with van der Waals surface area (Å²) in [6.07, 6.45) is 3.31. The van der Waals surface area contributed by atoms with Crippen molar-refractivity contribution in [2.45, 2.75) is 6.92 Å². The molecule has 0 unspecified atom stereocenters. The van der Waals surface area contributed by atoms with Crippen LogP contribution in [-0.2, 0) is 9.53 Å². The SMILES string of the molecule is C=C(SC(=S)n1cccn1)C(=O)OCC. The van der Waals surface area contributed by atoms with E-state index in [9.17, 15) is 4.79 Å². The van der Waals surface area contributed by atoms with Gasteiger partial charge in [-0.2, -0.15) is 5.10 Å². The Morgan fingerprint density at radius 3 is 3.00 bits per heavy atom. The van der Waals surface area contributed by atoms with Gasteiger partial charge in [0, 0.05) is 12.4 Å². The molecular weight excluding hydrogens is 232 g/mol. The van der Waals surface area contributed by atoms with Crippen LogP contribution in [0.4, 0.5) is 0 Å².